The van der Waals surface area contributed by atoms with Crippen LogP contribution in [0.25, 0.3) is 22.2 Å². The average molecular weight is 364 g/mol. The third kappa shape index (κ3) is 3.33. The number of aromatic nitrogens is 1. The SMILES string of the molecule is COc1ccc(CNc2nc3cc(-c4ccoc4C)ccc3o2)c(OC)c1. The predicted octanol–water partition coefficient (Wildman–Crippen LogP) is 5.03. The summed E-state index contributed by atoms with van der Waals surface area (Å²) in [6, 6.07) is 14.0. The van der Waals surface area contributed by atoms with Crippen LogP contribution in [0.15, 0.2) is 57.6 Å². The first-order valence-corrected chi connectivity index (χ1v) is 8.58. The number of hydrogen-bond donors (Lipinski definition) is 1. The van der Waals surface area contributed by atoms with Crippen LogP contribution in [0, 0.1) is 6.92 Å². The van der Waals surface area contributed by atoms with Crippen LogP contribution in [0.3, 0.4) is 0 Å². The molecule has 0 bridgehead atoms. The summed E-state index contributed by atoms with van der Waals surface area (Å²) in [6.07, 6.45) is 1.69. The molecular weight excluding hydrogens is 344 g/mol. The summed E-state index contributed by atoms with van der Waals surface area (Å²) in [7, 11) is 3.27. The standard InChI is InChI=1S/C21H20N2O4/c1-13-17(8-9-26-13)14-5-7-19-18(10-14)23-21(27-19)22-12-15-4-6-16(24-2)11-20(15)25-3/h4-11H,12H2,1-3H3,(H,22,23). The maximum absolute atomic E-state index is 5.80. The second-order valence-corrected chi connectivity index (χ2v) is 6.12. The zero-order chi connectivity index (χ0) is 18.8. The zero-order valence-electron chi connectivity index (χ0n) is 15.4. The summed E-state index contributed by atoms with van der Waals surface area (Å²) < 4.78 is 21.8. The number of methoxy groups -OCH3 is 2. The van der Waals surface area contributed by atoms with Crippen molar-refractivity contribution in [2.45, 2.75) is 13.5 Å². The van der Waals surface area contributed by atoms with Crippen molar-refractivity contribution in [1.29, 1.82) is 0 Å². The maximum atomic E-state index is 5.80. The van der Waals surface area contributed by atoms with E-state index in [1.54, 1.807) is 20.5 Å². The molecule has 0 aliphatic carbocycles. The molecule has 2 heterocycles. The minimum Gasteiger partial charge on any atom is -0.497 e. The van der Waals surface area contributed by atoms with Crippen LogP contribution < -0.4 is 14.8 Å². The molecule has 0 unspecified atom stereocenters. The number of nitrogens with zero attached hydrogens (tertiary/aromatic N) is 1. The average Bonchev–Trinajstić information content (AvgIpc) is 3.31. The van der Waals surface area contributed by atoms with Crippen molar-refractivity contribution in [3.63, 3.8) is 0 Å². The van der Waals surface area contributed by atoms with Gasteiger partial charge in [0.2, 0.25) is 0 Å². The second kappa shape index (κ2) is 7.07. The number of oxazole rings is 1. The number of anilines is 1. The highest BCUT2D eigenvalue weighted by molar-refractivity contribution is 5.82. The molecule has 0 saturated carbocycles. The van der Waals surface area contributed by atoms with Gasteiger partial charge < -0.3 is 23.6 Å². The summed E-state index contributed by atoms with van der Waals surface area (Å²) in [5, 5.41) is 3.21. The number of benzene rings is 2. The molecule has 0 amide bonds. The van der Waals surface area contributed by atoms with Crippen molar-refractivity contribution in [3.8, 4) is 22.6 Å². The summed E-state index contributed by atoms with van der Waals surface area (Å²) in [5.41, 5.74) is 4.60. The Bertz CT molecular complexity index is 1080. The molecule has 0 aliphatic heterocycles. The van der Waals surface area contributed by atoms with Crippen LogP contribution in [0.2, 0.25) is 0 Å². The van der Waals surface area contributed by atoms with Gasteiger partial charge in [-0.15, -0.1) is 0 Å². The van der Waals surface area contributed by atoms with Gasteiger partial charge in [-0.3, -0.25) is 0 Å². The third-order valence-corrected chi connectivity index (χ3v) is 4.48. The van der Waals surface area contributed by atoms with E-state index in [1.165, 1.54) is 0 Å². The van der Waals surface area contributed by atoms with E-state index in [0.717, 1.165) is 45.0 Å². The fourth-order valence-electron chi connectivity index (χ4n) is 3.02. The monoisotopic (exact) mass is 364 g/mol. The van der Waals surface area contributed by atoms with Crippen molar-refractivity contribution < 1.29 is 18.3 Å². The highest BCUT2D eigenvalue weighted by Crippen LogP contribution is 2.29. The third-order valence-electron chi connectivity index (χ3n) is 4.48. The Morgan fingerprint density at radius 2 is 1.93 bits per heavy atom. The Morgan fingerprint density at radius 3 is 2.67 bits per heavy atom. The first-order valence-electron chi connectivity index (χ1n) is 8.58. The quantitative estimate of drug-likeness (QED) is 0.518. The lowest BCUT2D eigenvalue weighted by molar-refractivity contribution is 0.391. The largest absolute Gasteiger partial charge is 0.497 e. The number of nitrogens with one attached hydrogen (secondary N) is 1. The van der Waals surface area contributed by atoms with Crippen LogP contribution in [-0.4, -0.2) is 19.2 Å². The number of furan rings is 1. The molecule has 2 aromatic carbocycles. The normalized spacial score (nSPS) is 10.9. The summed E-state index contributed by atoms with van der Waals surface area (Å²) in [5.74, 6) is 2.37. The van der Waals surface area contributed by atoms with Crippen LogP contribution in [0.1, 0.15) is 11.3 Å². The van der Waals surface area contributed by atoms with E-state index < -0.39 is 0 Å². The minimum absolute atomic E-state index is 0.462. The minimum atomic E-state index is 0.462. The number of hydrogen-bond acceptors (Lipinski definition) is 6. The van der Waals surface area contributed by atoms with E-state index in [1.807, 2.05) is 49.4 Å². The molecule has 1 N–H and O–H groups in total. The molecule has 0 atom stereocenters. The molecule has 0 radical (unpaired) electrons. The molecule has 2 aromatic heterocycles. The van der Waals surface area contributed by atoms with Crippen molar-refractivity contribution >= 4 is 17.1 Å². The van der Waals surface area contributed by atoms with Gasteiger partial charge in [0.05, 0.1) is 20.5 Å². The molecule has 0 saturated heterocycles. The molecule has 27 heavy (non-hydrogen) atoms. The van der Waals surface area contributed by atoms with E-state index in [9.17, 15) is 0 Å². The summed E-state index contributed by atoms with van der Waals surface area (Å²) in [6.45, 7) is 2.46. The van der Waals surface area contributed by atoms with Gasteiger partial charge in [-0.25, -0.2) is 0 Å². The van der Waals surface area contributed by atoms with E-state index in [2.05, 4.69) is 10.3 Å². The molecule has 4 rings (SSSR count). The molecular formula is C21H20N2O4. The van der Waals surface area contributed by atoms with Crippen molar-refractivity contribution in [2.75, 3.05) is 19.5 Å². The number of aryl methyl sites for hydroxylation is 1. The summed E-state index contributed by atoms with van der Waals surface area (Å²) >= 11 is 0. The fourth-order valence-corrected chi connectivity index (χ4v) is 3.02. The van der Waals surface area contributed by atoms with E-state index in [-0.39, 0.29) is 0 Å². The lowest BCUT2D eigenvalue weighted by atomic mass is 10.1. The molecule has 0 fully saturated rings. The van der Waals surface area contributed by atoms with Gasteiger partial charge in [-0.05, 0) is 42.8 Å². The van der Waals surface area contributed by atoms with E-state index in [0.29, 0.717) is 12.6 Å². The molecule has 4 aromatic rings. The Hall–Kier alpha value is -3.41. The Labute approximate surface area is 156 Å². The fraction of sp³-hybridized carbons (Fsp3) is 0.190. The summed E-state index contributed by atoms with van der Waals surface area (Å²) in [4.78, 5) is 4.54. The van der Waals surface area contributed by atoms with E-state index in [4.69, 9.17) is 18.3 Å². The molecule has 0 spiro atoms. The maximum Gasteiger partial charge on any atom is 0.295 e. The molecule has 138 valence electrons. The first-order chi connectivity index (χ1) is 13.2. The lowest BCUT2D eigenvalue weighted by Gasteiger charge is -2.10. The van der Waals surface area contributed by atoms with Crippen LogP contribution >= 0.6 is 0 Å². The van der Waals surface area contributed by atoms with Crippen molar-refractivity contribution in [2.24, 2.45) is 0 Å². The van der Waals surface area contributed by atoms with Gasteiger partial charge in [0.15, 0.2) is 5.58 Å². The first kappa shape index (κ1) is 17.0. The van der Waals surface area contributed by atoms with Gasteiger partial charge in [-0.2, -0.15) is 4.98 Å². The van der Waals surface area contributed by atoms with Gasteiger partial charge >= 0.3 is 0 Å². The lowest BCUT2D eigenvalue weighted by Crippen LogP contribution is -2.02. The smallest absolute Gasteiger partial charge is 0.295 e. The second-order valence-electron chi connectivity index (χ2n) is 6.12. The topological polar surface area (TPSA) is 69.7 Å². The van der Waals surface area contributed by atoms with Crippen LogP contribution in [0.5, 0.6) is 11.5 Å². The van der Waals surface area contributed by atoms with Crippen LogP contribution in [-0.2, 0) is 6.54 Å². The van der Waals surface area contributed by atoms with Gasteiger partial charge in [-0.1, -0.05) is 6.07 Å². The van der Waals surface area contributed by atoms with Gasteiger partial charge in [0.1, 0.15) is 22.8 Å². The van der Waals surface area contributed by atoms with Gasteiger partial charge in [0.25, 0.3) is 6.01 Å². The predicted molar refractivity (Wildman–Crippen MR) is 103 cm³/mol. The Morgan fingerprint density at radius 1 is 1.04 bits per heavy atom. The number of rotatable bonds is 6. The van der Waals surface area contributed by atoms with E-state index >= 15 is 0 Å². The Kier molecular flexibility index (Phi) is 4.46. The highest BCUT2D eigenvalue weighted by atomic mass is 16.5. The highest BCUT2D eigenvalue weighted by Gasteiger charge is 2.11. The Balaban J connectivity index is 1.56. The van der Waals surface area contributed by atoms with Crippen molar-refractivity contribution in [3.05, 3.63) is 60.1 Å². The zero-order valence-corrected chi connectivity index (χ0v) is 15.4. The van der Waals surface area contributed by atoms with Crippen LogP contribution in [0.4, 0.5) is 6.01 Å². The molecule has 6 heteroatoms. The van der Waals surface area contributed by atoms with Gasteiger partial charge in [0, 0.05) is 23.7 Å². The molecule has 6 nitrogen and oxygen atoms in total. The number of fused-ring (bicyclic) bond motifs is 1. The molecule has 0 aliphatic rings. The van der Waals surface area contributed by atoms with Crippen molar-refractivity contribution in [1.82, 2.24) is 4.98 Å². The number of ether oxygens (including phenoxy) is 2.